The van der Waals surface area contributed by atoms with Gasteiger partial charge in [-0.1, -0.05) is 35.3 Å². The van der Waals surface area contributed by atoms with Crippen molar-refractivity contribution in [3.63, 3.8) is 0 Å². The van der Waals surface area contributed by atoms with E-state index in [9.17, 15) is 37.1 Å². The molecule has 2 saturated carbocycles. The highest BCUT2D eigenvalue weighted by Crippen LogP contribution is 2.38. The van der Waals surface area contributed by atoms with Crippen LogP contribution in [0.15, 0.2) is 48.8 Å². The minimum Gasteiger partial charge on any atom is -0.755 e. The molecule has 0 bridgehead atoms. The zero-order valence-electron chi connectivity index (χ0n) is 31.2. The van der Waals surface area contributed by atoms with Crippen LogP contribution in [0.1, 0.15) is 75.7 Å². The molecule has 0 saturated heterocycles. The number of hydrogen-bond donors (Lipinski definition) is 0. The van der Waals surface area contributed by atoms with Crippen molar-refractivity contribution < 1.29 is 65.1 Å². The molecule has 57 heavy (non-hydrogen) atoms. The van der Waals surface area contributed by atoms with Crippen LogP contribution in [0, 0.1) is 17.0 Å². The van der Waals surface area contributed by atoms with E-state index in [1.54, 1.807) is 20.8 Å². The molecule has 0 radical (unpaired) electrons. The van der Waals surface area contributed by atoms with Crippen LogP contribution in [0.25, 0.3) is 0 Å². The van der Waals surface area contributed by atoms with E-state index in [2.05, 4.69) is 4.74 Å². The largest absolute Gasteiger partial charge is 0.755 e. The number of nitrogens with zero attached hydrogens (tertiary/aromatic N) is 2. The number of halogens is 4. The van der Waals surface area contributed by atoms with Gasteiger partial charge in [-0.15, -0.1) is 0 Å². The summed E-state index contributed by atoms with van der Waals surface area (Å²) in [5, 5.41) is 11.8. The molecule has 14 nitrogen and oxygen atoms in total. The average Bonchev–Trinajstić information content (AvgIpc) is 4.05. The SMILES string of the molecule is CC(C)(C)OC(=O)CN(c1ccc(COC(=O)CC(=O)OC(Cc2c(Cl)c[n+]([O-])cc2Cl)c2ccc(OC(F)F)c(OCC3CC3)c2)cc1OCC1CC1)S(=O)[O-]. The highest BCUT2D eigenvalue weighted by atomic mass is 35.5. The lowest BCUT2D eigenvalue weighted by Crippen LogP contribution is -2.36. The molecule has 1 aromatic heterocycles. The van der Waals surface area contributed by atoms with Crippen molar-refractivity contribution in [1.29, 1.82) is 0 Å². The second kappa shape index (κ2) is 19.3. The van der Waals surface area contributed by atoms with Gasteiger partial charge in [0.05, 0.1) is 18.9 Å². The minimum absolute atomic E-state index is 0.0243. The van der Waals surface area contributed by atoms with Crippen LogP contribution in [0.4, 0.5) is 14.5 Å². The van der Waals surface area contributed by atoms with Crippen LogP contribution >= 0.6 is 23.2 Å². The molecule has 0 spiro atoms. The van der Waals surface area contributed by atoms with Gasteiger partial charge in [-0.3, -0.25) is 22.9 Å². The molecule has 1 heterocycles. The molecule has 2 aliphatic rings. The molecule has 2 atom stereocenters. The normalized spacial score (nSPS) is 15.0. The number of carbonyl (C=O) groups is 3. The maximum Gasteiger partial charge on any atom is 0.387 e. The Morgan fingerprint density at radius 3 is 2.12 bits per heavy atom. The van der Waals surface area contributed by atoms with Gasteiger partial charge in [0.1, 0.15) is 47.1 Å². The molecule has 5 rings (SSSR count). The Bertz CT molecular complexity index is 1940. The van der Waals surface area contributed by atoms with Crippen LogP contribution in [0.5, 0.6) is 17.2 Å². The predicted molar refractivity (Wildman–Crippen MR) is 200 cm³/mol. The molecule has 2 unspecified atom stereocenters. The molecule has 310 valence electrons. The number of carbonyl (C=O) groups excluding carboxylic acids is 3. The molecular formula is C38H41Cl2F2N2O12S-. The molecule has 0 aliphatic heterocycles. The summed E-state index contributed by atoms with van der Waals surface area (Å²) in [4.78, 5) is 38.7. The zero-order chi connectivity index (χ0) is 41.4. The molecular weight excluding hydrogens is 817 g/mol. The van der Waals surface area contributed by atoms with Crippen molar-refractivity contribution in [2.24, 2.45) is 11.8 Å². The first kappa shape index (κ1) is 43.7. The van der Waals surface area contributed by atoms with Crippen LogP contribution in [-0.2, 0) is 52.9 Å². The highest BCUT2D eigenvalue weighted by molar-refractivity contribution is 7.80. The summed E-state index contributed by atoms with van der Waals surface area (Å²) in [7, 11) is 0. The van der Waals surface area contributed by atoms with Crippen molar-refractivity contribution in [3.8, 4) is 17.2 Å². The van der Waals surface area contributed by atoms with E-state index >= 15 is 0 Å². The fraction of sp³-hybridized carbons (Fsp3) is 0.474. The van der Waals surface area contributed by atoms with Crippen LogP contribution in [-0.4, -0.2) is 58.6 Å². The Morgan fingerprint density at radius 2 is 1.54 bits per heavy atom. The second-order valence-corrected chi connectivity index (χ2v) is 16.2. The third kappa shape index (κ3) is 13.9. The van der Waals surface area contributed by atoms with Crippen LogP contribution in [0.2, 0.25) is 10.0 Å². The summed E-state index contributed by atoms with van der Waals surface area (Å²) in [6.07, 6.45) is 3.58. The Balaban J connectivity index is 1.30. The number of alkyl halides is 2. The van der Waals surface area contributed by atoms with Gasteiger partial charge in [-0.05, 0) is 93.7 Å². The van der Waals surface area contributed by atoms with E-state index in [1.807, 2.05) is 0 Å². The second-order valence-electron chi connectivity index (χ2n) is 14.5. The van der Waals surface area contributed by atoms with Gasteiger partial charge in [0, 0.05) is 23.3 Å². The lowest BCUT2D eigenvalue weighted by atomic mass is 10.0. The van der Waals surface area contributed by atoms with Crippen molar-refractivity contribution in [1.82, 2.24) is 0 Å². The summed E-state index contributed by atoms with van der Waals surface area (Å²) in [6.45, 7) is 1.40. The fourth-order valence-electron chi connectivity index (χ4n) is 5.37. The molecule has 0 amide bonds. The summed E-state index contributed by atoms with van der Waals surface area (Å²) in [5.41, 5.74) is 0.0871. The van der Waals surface area contributed by atoms with E-state index in [4.69, 9.17) is 46.9 Å². The number of pyridine rings is 1. The number of ether oxygens (including phenoxy) is 6. The number of esters is 3. The van der Waals surface area contributed by atoms with E-state index < -0.39 is 60.5 Å². The first-order valence-corrected chi connectivity index (χ1v) is 19.7. The van der Waals surface area contributed by atoms with Crippen molar-refractivity contribution >= 4 is 58.1 Å². The van der Waals surface area contributed by atoms with Gasteiger partial charge < -0.3 is 38.2 Å². The van der Waals surface area contributed by atoms with Gasteiger partial charge >= 0.3 is 24.5 Å². The number of anilines is 1. The van der Waals surface area contributed by atoms with Gasteiger partial charge in [-0.2, -0.15) is 13.5 Å². The number of aromatic nitrogens is 1. The molecule has 2 aliphatic carbocycles. The lowest BCUT2D eigenvalue weighted by molar-refractivity contribution is -0.605. The molecule has 19 heteroatoms. The maximum atomic E-state index is 13.2. The zero-order valence-corrected chi connectivity index (χ0v) is 33.5. The van der Waals surface area contributed by atoms with E-state index in [-0.39, 0.29) is 75.6 Å². The smallest absolute Gasteiger partial charge is 0.387 e. The lowest BCUT2D eigenvalue weighted by Gasteiger charge is -2.29. The van der Waals surface area contributed by atoms with Gasteiger partial charge in [-0.25, -0.2) is 0 Å². The number of benzene rings is 2. The van der Waals surface area contributed by atoms with Crippen molar-refractivity contribution in [2.75, 3.05) is 24.1 Å². The Kier molecular flexibility index (Phi) is 14.8. The van der Waals surface area contributed by atoms with Crippen LogP contribution < -0.4 is 23.2 Å². The summed E-state index contributed by atoms with van der Waals surface area (Å²) in [5.74, 6) is -2.38. The average molecular weight is 859 g/mol. The molecule has 0 N–H and O–H groups in total. The van der Waals surface area contributed by atoms with Crippen molar-refractivity contribution in [2.45, 2.75) is 84.2 Å². The first-order chi connectivity index (χ1) is 26.9. The topological polar surface area (TPSA) is 177 Å². The summed E-state index contributed by atoms with van der Waals surface area (Å²) < 4.78 is 84.8. The van der Waals surface area contributed by atoms with Crippen molar-refractivity contribution in [3.05, 3.63) is 80.7 Å². The highest BCUT2D eigenvalue weighted by Gasteiger charge is 2.29. The molecule has 2 aromatic carbocycles. The van der Waals surface area contributed by atoms with Gasteiger partial charge in [0.2, 0.25) is 0 Å². The Hall–Kier alpha value is -4.45. The first-order valence-electron chi connectivity index (χ1n) is 17.9. The number of hydrogen-bond acceptors (Lipinski definition) is 12. The number of rotatable bonds is 20. The quantitative estimate of drug-likeness (QED) is 0.0294. The standard InChI is InChI=1S/C38H42Cl2F2N2O12S/c1-38(2,3)56-36(47)18-44(57(49)50)29-10-8-24(12-32(29)51-19-22-4-5-22)21-53-34(45)15-35(46)54-31(14-26-27(39)16-43(48)17-28(26)40)25-9-11-30(55-37(41)42)33(13-25)52-20-23-6-7-23/h8-13,16-17,22-23,31,37H,4-7,14-15,18-21H2,1-3H3,(H,49,50)/p-1. The summed E-state index contributed by atoms with van der Waals surface area (Å²) >= 11 is 9.75. The van der Waals surface area contributed by atoms with E-state index in [0.29, 0.717) is 16.9 Å². The Labute approximate surface area is 340 Å². The predicted octanol–water partition coefficient (Wildman–Crippen LogP) is 6.71. The van der Waals surface area contributed by atoms with E-state index in [1.165, 1.54) is 36.4 Å². The van der Waals surface area contributed by atoms with Gasteiger partial charge in [0.15, 0.2) is 23.9 Å². The molecule has 3 aromatic rings. The van der Waals surface area contributed by atoms with Gasteiger partial charge in [0.25, 0.3) is 0 Å². The Morgan fingerprint density at radius 1 is 0.912 bits per heavy atom. The fourth-order valence-corrected chi connectivity index (χ4v) is 6.49. The maximum absolute atomic E-state index is 13.2. The third-order valence-corrected chi connectivity index (χ3v) is 9.81. The van der Waals surface area contributed by atoms with Crippen LogP contribution in [0.3, 0.4) is 0 Å². The third-order valence-electron chi connectivity index (χ3n) is 8.47. The minimum atomic E-state index is -3.14. The molecule has 2 fully saturated rings. The van der Waals surface area contributed by atoms with E-state index in [0.717, 1.165) is 42.4 Å². The monoisotopic (exact) mass is 857 g/mol. The summed E-state index contributed by atoms with van der Waals surface area (Å²) in [6, 6.07) is 8.33.